The largest absolute Gasteiger partial charge is 0.492 e. The Morgan fingerprint density at radius 1 is 1.22 bits per heavy atom. The zero-order valence-corrected chi connectivity index (χ0v) is 15.8. The van der Waals surface area contributed by atoms with Gasteiger partial charge in [-0.05, 0) is 43.3 Å². The highest BCUT2D eigenvalue weighted by atomic mass is 35.5. The molecule has 0 spiro atoms. The minimum atomic E-state index is -0.320. The summed E-state index contributed by atoms with van der Waals surface area (Å²) in [5.41, 5.74) is 1.43. The number of carbonyl (C=O) groups excluding carboxylic acids is 2. The van der Waals surface area contributed by atoms with Crippen LogP contribution in [0.15, 0.2) is 48.5 Å². The highest BCUT2D eigenvalue weighted by molar-refractivity contribution is 6.30. The Balaban J connectivity index is 1.52. The van der Waals surface area contributed by atoms with Gasteiger partial charge >= 0.3 is 6.03 Å². The molecule has 1 fully saturated rings. The zero-order valence-electron chi connectivity index (χ0n) is 15.1. The summed E-state index contributed by atoms with van der Waals surface area (Å²) in [7, 11) is 0. The van der Waals surface area contributed by atoms with Crippen molar-refractivity contribution in [2.75, 3.05) is 29.9 Å². The summed E-state index contributed by atoms with van der Waals surface area (Å²) in [4.78, 5) is 26.2. The van der Waals surface area contributed by atoms with Gasteiger partial charge in [0.05, 0.1) is 12.3 Å². The van der Waals surface area contributed by atoms with Crippen molar-refractivity contribution >= 4 is 34.9 Å². The number of hydrogen-bond donors (Lipinski definition) is 2. The van der Waals surface area contributed by atoms with Crippen molar-refractivity contribution in [2.24, 2.45) is 5.92 Å². The van der Waals surface area contributed by atoms with E-state index < -0.39 is 0 Å². The van der Waals surface area contributed by atoms with Crippen LogP contribution < -0.4 is 20.3 Å². The molecule has 0 aromatic heterocycles. The Labute approximate surface area is 163 Å². The summed E-state index contributed by atoms with van der Waals surface area (Å²) in [5, 5.41) is 6.26. The predicted molar refractivity (Wildman–Crippen MR) is 107 cm³/mol. The Bertz CT molecular complexity index is 810. The van der Waals surface area contributed by atoms with Crippen LogP contribution >= 0.6 is 11.6 Å². The van der Waals surface area contributed by atoms with Gasteiger partial charge in [0.15, 0.2) is 0 Å². The first-order valence-electron chi connectivity index (χ1n) is 8.89. The van der Waals surface area contributed by atoms with Crippen molar-refractivity contribution in [2.45, 2.75) is 13.3 Å². The highest BCUT2D eigenvalue weighted by Gasteiger charge is 2.30. The van der Waals surface area contributed by atoms with E-state index in [0.717, 1.165) is 5.69 Å². The molecule has 0 radical (unpaired) electrons. The Hall–Kier alpha value is -2.73. The third-order valence-corrected chi connectivity index (χ3v) is 4.58. The molecule has 3 rings (SSSR count). The third-order valence-electron chi connectivity index (χ3n) is 4.33. The summed E-state index contributed by atoms with van der Waals surface area (Å²) < 4.78 is 5.50. The van der Waals surface area contributed by atoms with Crippen molar-refractivity contribution in [1.82, 2.24) is 5.32 Å². The minimum absolute atomic E-state index is 0.0474. The van der Waals surface area contributed by atoms with E-state index in [4.69, 9.17) is 16.3 Å². The van der Waals surface area contributed by atoms with Gasteiger partial charge in [0.1, 0.15) is 5.75 Å². The number of amides is 3. The first-order chi connectivity index (χ1) is 13.1. The number of para-hydroxylation sites is 2. The van der Waals surface area contributed by atoms with Gasteiger partial charge in [0, 0.05) is 36.1 Å². The maximum atomic E-state index is 12.3. The Morgan fingerprint density at radius 3 is 2.70 bits per heavy atom. The summed E-state index contributed by atoms with van der Waals surface area (Å²) in [6.45, 7) is 3.39. The topological polar surface area (TPSA) is 70.7 Å². The van der Waals surface area contributed by atoms with Crippen LogP contribution in [0.5, 0.6) is 5.75 Å². The fourth-order valence-electron chi connectivity index (χ4n) is 3.04. The molecule has 0 saturated carbocycles. The summed E-state index contributed by atoms with van der Waals surface area (Å²) in [6.07, 6.45) is 0.401. The number of anilines is 2. The smallest absolute Gasteiger partial charge is 0.319 e. The molecular formula is C20H22ClN3O3. The van der Waals surface area contributed by atoms with E-state index in [1.165, 1.54) is 0 Å². The molecule has 1 saturated heterocycles. The highest BCUT2D eigenvalue weighted by Crippen LogP contribution is 2.26. The van der Waals surface area contributed by atoms with E-state index in [0.29, 0.717) is 42.6 Å². The Morgan fingerprint density at radius 2 is 1.96 bits per heavy atom. The SMILES string of the molecule is CCOc1ccccc1NC(=O)NCC1CC(=O)N(c2ccc(Cl)cc2)C1. The van der Waals surface area contributed by atoms with Crippen LogP contribution in [0, 0.1) is 5.92 Å². The van der Waals surface area contributed by atoms with Crippen molar-refractivity contribution in [3.8, 4) is 5.75 Å². The molecule has 1 unspecified atom stereocenters. The summed E-state index contributed by atoms with van der Waals surface area (Å²) in [5.74, 6) is 0.729. The van der Waals surface area contributed by atoms with Crippen LogP contribution in [0.2, 0.25) is 5.02 Å². The van der Waals surface area contributed by atoms with E-state index >= 15 is 0 Å². The average molecular weight is 388 g/mol. The number of urea groups is 1. The first kappa shape index (κ1) is 19.0. The van der Waals surface area contributed by atoms with Crippen molar-refractivity contribution in [3.05, 3.63) is 53.6 Å². The van der Waals surface area contributed by atoms with Crippen LogP contribution in [0.1, 0.15) is 13.3 Å². The number of nitrogens with one attached hydrogen (secondary N) is 2. The van der Waals surface area contributed by atoms with Crippen LogP contribution in [-0.2, 0) is 4.79 Å². The molecule has 0 bridgehead atoms. The standard InChI is InChI=1S/C20H22ClN3O3/c1-2-27-18-6-4-3-5-17(18)23-20(26)22-12-14-11-19(25)24(13-14)16-9-7-15(21)8-10-16/h3-10,14H,2,11-13H2,1H3,(H2,22,23,26). The van der Waals surface area contributed by atoms with Gasteiger partial charge in [-0.3, -0.25) is 4.79 Å². The second kappa shape index (κ2) is 8.77. The fraction of sp³-hybridized carbons (Fsp3) is 0.300. The number of nitrogens with zero attached hydrogens (tertiary/aromatic N) is 1. The van der Waals surface area contributed by atoms with Gasteiger partial charge in [-0.15, -0.1) is 0 Å². The molecule has 2 aromatic rings. The van der Waals surface area contributed by atoms with Gasteiger partial charge in [0.25, 0.3) is 0 Å². The molecular weight excluding hydrogens is 366 g/mol. The molecule has 1 aliphatic rings. The number of benzene rings is 2. The van der Waals surface area contributed by atoms with E-state index in [9.17, 15) is 9.59 Å². The molecule has 3 amide bonds. The molecule has 6 nitrogen and oxygen atoms in total. The van der Waals surface area contributed by atoms with Crippen molar-refractivity contribution in [3.63, 3.8) is 0 Å². The number of halogens is 1. The number of rotatable bonds is 6. The molecule has 2 aromatic carbocycles. The maximum absolute atomic E-state index is 12.3. The second-order valence-electron chi connectivity index (χ2n) is 6.32. The first-order valence-corrected chi connectivity index (χ1v) is 9.27. The summed E-state index contributed by atoms with van der Waals surface area (Å²) in [6, 6.07) is 14.1. The monoisotopic (exact) mass is 387 g/mol. The second-order valence-corrected chi connectivity index (χ2v) is 6.75. The lowest BCUT2D eigenvalue weighted by atomic mass is 10.1. The molecule has 7 heteroatoms. The molecule has 1 atom stereocenters. The molecule has 1 heterocycles. The van der Waals surface area contributed by atoms with Gasteiger partial charge < -0.3 is 20.3 Å². The lowest BCUT2D eigenvalue weighted by Crippen LogP contribution is -2.34. The fourth-order valence-corrected chi connectivity index (χ4v) is 3.17. The van der Waals surface area contributed by atoms with Crippen LogP contribution in [0.4, 0.5) is 16.2 Å². The Kier molecular flexibility index (Phi) is 6.19. The van der Waals surface area contributed by atoms with Crippen molar-refractivity contribution in [1.29, 1.82) is 0 Å². The lowest BCUT2D eigenvalue weighted by Gasteiger charge is -2.17. The lowest BCUT2D eigenvalue weighted by molar-refractivity contribution is -0.117. The number of carbonyl (C=O) groups is 2. The molecule has 0 aliphatic carbocycles. The van der Waals surface area contributed by atoms with Crippen LogP contribution in [0.3, 0.4) is 0 Å². The van der Waals surface area contributed by atoms with Gasteiger partial charge in [-0.2, -0.15) is 0 Å². The van der Waals surface area contributed by atoms with Gasteiger partial charge in [-0.1, -0.05) is 23.7 Å². The average Bonchev–Trinajstić information content (AvgIpc) is 3.03. The van der Waals surface area contributed by atoms with Gasteiger partial charge in [-0.25, -0.2) is 4.79 Å². The van der Waals surface area contributed by atoms with Crippen LogP contribution in [0.25, 0.3) is 0 Å². The zero-order chi connectivity index (χ0) is 19.2. The summed E-state index contributed by atoms with van der Waals surface area (Å²) >= 11 is 5.90. The molecule has 1 aliphatic heterocycles. The number of hydrogen-bond acceptors (Lipinski definition) is 3. The number of ether oxygens (including phenoxy) is 1. The quantitative estimate of drug-likeness (QED) is 0.789. The third kappa shape index (κ3) is 4.92. The molecule has 142 valence electrons. The van der Waals surface area contributed by atoms with Gasteiger partial charge in [0.2, 0.25) is 5.91 Å². The molecule has 27 heavy (non-hydrogen) atoms. The molecule has 2 N–H and O–H groups in total. The van der Waals surface area contributed by atoms with E-state index in [2.05, 4.69) is 10.6 Å². The maximum Gasteiger partial charge on any atom is 0.319 e. The predicted octanol–water partition coefficient (Wildman–Crippen LogP) is 3.91. The minimum Gasteiger partial charge on any atom is -0.492 e. The van der Waals surface area contributed by atoms with Crippen LogP contribution in [-0.4, -0.2) is 31.6 Å². The van der Waals surface area contributed by atoms with E-state index in [1.807, 2.05) is 31.2 Å². The normalized spacial score (nSPS) is 16.3. The van der Waals surface area contributed by atoms with E-state index in [1.54, 1.807) is 29.2 Å². The van der Waals surface area contributed by atoms with E-state index in [-0.39, 0.29) is 17.9 Å². The van der Waals surface area contributed by atoms with Crippen molar-refractivity contribution < 1.29 is 14.3 Å².